The molecular weight excluding hydrogens is 328 g/mol. The standard InChI is InChI=1S/C20H16N4O2/c1-26-15-9-5-3-7-12(15)16-13(10-21)19(22)24-18-11-6-2-4-8-14(11)23-20(25)17(16)18/h2-9,16,24H,22H2,1H3,(H,23,25)/t16-/m1/s1. The van der Waals surface area contributed by atoms with Crippen molar-refractivity contribution in [2.45, 2.75) is 5.92 Å². The molecule has 26 heavy (non-hydrogen) atoms. The first-order chi connectivity index (χ1) is 12.7. The molecule has 4 N–H and O–H groups in total. The molecule has 0 amide bonds. The van der Waals surface area contributed by atoms with Crippen molar-refractivity contribution in [3.63, 3.8) is 0 Å². The van der Waals surface area contributed by atoms with E-state index < -0.39 is 5.92 Å². The average molecular weight is 344 g/mol. The first-order valence-corrected chi connectivity index (χ1v) is 8.10. The second-order valence-corrected chi connectivity index (χ2v) is 6.03. The number of nitrogens with zero attached hydrogens (tertiary/aromatic N) is 1. The van der Waals surface area contributed by atoms with Gasteiger partial charge in [-0.25, -0.2) is 0 Å². The Hall–Kier alpha value is -3.72. The molecule has 0 fully saturated rings. The quantitative estimate of drug-likeness (QED) is 0.663. The number of fused-ring (bicyclic) bond motifs is 3. The second-order valence-electron chi connectivity index (χ2n) is 6.03. The van der Waals surface area contributed by atoms with Gasteiger partial charge in [0.05, 0.1) is 41.4 Å². The Bertz CT molecular complexity index is 1150. The van der Waals surface area contributed by atoms with E-state index in [1.807, 2.05) is 42.5 Å². The van der Waals surface area contributed by atoms with E-state index in [2.05, 4.69) is 16.4 Å². The van der Waals surface area contributed by atoms with E-state index in [1.165, 1.54) is 0 Å². The minimum Gasteiger partial charge on any atom is -0.496 e. The predicted molar refractivity (Wildman–Crippen MR) is 99.9 cm³/mol. The van der Waals surface area contributed by atoms with E-state index in [0.29, 0.717) is 28.1 Å². The maximum Gasteiger partial charge on any atom is 0.254 e. The number of pyridine rings is 1. The van der Waals surface area contributed by atoms with Gasteiger partial charge >= 0.3 is 0 Å². The minimum atomic E-state index is -0.610. The molecule has 4 rings (SSSR count). The van der Waals surface area contributed by atoms with Crippen LogP contribution in [-0.4, -0.2) is 12.1 Å². The number of aromatic nitrogens is 1. The number of nitrogens with two attached hydrogens (primary N) is 1. The molecular formula is C20H16N4O2. The lowest BCUT2D eigenvalue weighted by Gasteiger charge is -2.28. The summed E-state index contributed by atoms with van der Waals surface area (Å²) in [5.41, 5.74) is 8.69. The fraction of sp³-hybridized carbons (Fsp3) is 0.100. The molecule has 128 valence electrons. The lowest BCUT2D eigenvalue weighted by molar-refractivity contribution is 0.409. The van der Waals surface area contributed by atoms with Crippen molar-refractivity contribution < 1.29 is 4.74 Å². The summed E-state index contributed by atoms with van der Waals surface area (Å²) in [7, 11) is 1.56. The number of H-pyrrole nitrogens is 1. The van der Waals surface area contributed by atoms with E-state index in [-0.39, 0.29) is 11.4 Å². The third kappa shape index (κ3) is 2.22. The Morgan fingerprint density at radius 1 is 1.15 bits per heavy atom. The van der Waals surface area contributed by atoms with Crippen molar-refractivity contribution in [2.24, 2.45) is 5.73 Å². The van der Waals surface area contributed by atoms with Crippen LogP contribution in [0, 0.1) is 11.3 Å². The van der Waals surface area contributed by atoms with Crippen LogP contribution >= 0.6 is 0 Å². The molecule has 0 spiro atoms. The number of para-hydroxylation sites is 2. The van der Waals surface area contributed by atoms with Crippen LogP contribution in [0.2, 0.25) is 0 Å². The van der Waals surface area contributed by atoms with Crippen LogP contribution in [0.4, 0.5) is 5.69 Å². The van der Waals surface area contributed by atoms with Gasteiger partial charge in [-0.15, -0.1) is 0 Å². The van der Waals surface area contributed by atoms with Crippen LogP contribution in [0.15, 0.2) is 64.7 Å². The highest BCUT2D eigenvalue weighted by Gasteiger charge is 2.34. The van der Waals surface area contributed by atoms with Crippen molar-refractivity contribution >= 4 is 16.6 Å². The third-order valence-corrected chi connectivity index (χ3v) is 4.66. The fourth-order valence-electron chi connectivity index (χ4n) is 3.51. The zero-order valence-electron chi connectivity index (χ0n) is 14.0. The van der Waals surface area contributed by atoms with Crippen LogP contribution in [0.1, 0.15) is 17.0 Å². The van der Waals surface area contributed by atoms with Gasteiger partial charge in [0, 0.05) is 10.9 Å². The molecule has 0 unspecified atom stereocenters. The van der Waals surface area contributed by atoms with Gasteiger partial charge in [0.25, 0.3) is 5.56 Å². The Morgan fingerprint density at radius 3 is 2.65 bits per heavy atom. The van der Waals surface area contributed by atoms with Crippen molar-refractivity contribution in [2.75, 3.05) is 12.4 Å². The van der Waals surface area contributed by atoms with Crippen LogP contribution in [0.5, 0.6) is 5.75 Å². The van der Waals surface area contributed by atoms with Gasteiger partial charge in [-0.2, -0.15) is 5.26 Å². The first-order valence-electron chi connectivity index (χ1n) is 8.10. The summed E-state index contributed by atoms with van der Waals surface area (Å²) >= 11 is 0. The molecule has 6 heteroatoms. The monoisotopic (exact) mass is 344 g/mol. The van der Waals surface area contributed by atoms with Crippen molar-refractivity contribution in [3.8, 4) is 11.8 Å². The zero-order chi connectivity index (χ0) is 18.3. The summed E-state index contributed by atoms with van der Waals surface area (Å²) in [4.78, 5) is 15.8. The molecule has 2 aromatic carbocycles. The summed E-state index contributed by atoms with van der Waals surface area (Å²) in [6.07, 6.45) is 0. The molecule has 0 saturated carbocycles. The molecule has 0 radical (unpaired) electrons. The Labute approximate surface area is 149 Å². The second kappa shape index (κ2) is 5.97. The number of anilines is 1. The molecule has 2 heterocycles. The molecule has 1 aliphatic rings. The fourth-order valence-corrected chi connectivity index (χ4v) is 3.51. The van der Waals surface area contributed by atoms with E-state index in [0.717, 1.165) is 10.9 Å². The zero-order valence-corrected chi connectivity index (χ0v) is 14.0. The summed E-state index contributed by atoms with van der Waals surface area (Å²) in [5, 5.41) is 13.6. The third-order valence-electron chi connectivity index (χ3n) is 4.66. The van der Waals surface area contributed by atoms with Crippen molar-refractivity contribution in [3.05, 3.63) is 81.4 Å². The lowest BCUT2D eigenvalue weighted by atomic mass is 9.81. The number of aromatic amines is 1. The van der Waals surface area contributed by atoms with E-state index >= 15 is 0 Å². The molecule has 3 aromatic rings. The van der Waals surface area contributed by atoms with Gasteiger partial charge in [0.15, 0.2) is 0 Å². The number of methoxy groups -OCH3 is 1. The number of nitrogens with one attached hydrogen (secondary N) is 2. The predicted octanol–water partition coefficient (Wildman–Crippen LogP) is 2.79. The van der Waals surface area contributed by atoms with Gasteiger partial charge in [-0.1, -0.05) is 36.4 Å². The van der Waals surface area contributed by atoms with Gasteiger partial charge in [0.2, 0.25) is 0 Å². The van der Waals surface area contributed by atoms with E-state index in [9.17, 15) is 10.1 Å². The van der Waals surface area contributed by atoms with Crippen molar-refractivity contribution in [1.82, 2.24) is 4.98 Å². The number of hydrogen-bond acceptors (Lipinski definition) is 5. The number of ether oxygens (including phenoxy) is 1. The minimum absolute atomic E-state index is 0.242. The van der Waals surface area contributed by atoms with Crippen LogP contribution in [0.25, 0.3) is 10.9 Å². The van der Waals surface area contributed by atoms with Crippen molar-refractivity contribution in [1.29, 1.82) is 5.26 Å². The maximum absolute atomic E-state index is 12.9. The van der Waals surface area contributed by atoms with Gasteiger partial charge in [0.1, 0.15) is 11.6 Å². The summed E-state index contributed by atoms with van der Waals surface area (Å²) in [6.45, 7) is 0. The Kier molecular flexibility index (Phi) is 3.63. The normalized spacial score (nSPS) is 15.9. The highest BCUT2D eigenvalue weighted by molar-refractivity contribution is 5.95. The van der Waals surface area contributed by atoms with Gasteiger partial charge in [-0.05, 0) is 12.1 Å². The molecule has 1 aliphatic heterocycles. The SMILES string of the molecule is COc1ccccc1[C@@H]1C(C#N)=C(N)Nc2c1c(=O)[nH]c1ccccc21. The number of hydrogen-bond donors (Lipinski definition) is 3. The number of allylic oxidation sites excluding steroid dienone is 1. The van der Waals surface area contributed by atoms with Crippen LogP contribution in [-0.2, 0) is 0 Å². The van der Waals surface area contributed by atoms with Crippen LogP contribution < -0.4 is 21.3 Å². The maximum atomic E-state index is 12.9. The molecule has 0 aliphatic carbocycles. The molecule has 1 atom stereocenters. The highest BCUT2D eigenvalue weighted by atomic mass is 16.5. The van der Waals surface area contributed by atoms with Crippen LogP contribution in [0.3, 0.4) is 0 Å². The smallest absolute Gasteiger partial charge is 0.254 e. The topological polar surface area (TPSA) is 104 Å². The Morgan fingerprint density at radius 2 is 1.88 bits per heavy atom. The first kappa shape index (κ1) is 15.8. The largest absolute Gasteiger partial charge is 0.496 e. The molecule has 1 aromatic heterocycles. The summed E-state index contributed by atoms with van der Waals surface area (Å²) in [6, 6.07) is 17.0. The van der Waals surface area contributed by atoms with Gasteiger partial charge in [-0.3, -0.25) is 4.79 Å². The average Bonchev–Trinajstić information content (AvgIpc) is 2.67. The van der Waals surface area contributed by atoms with Gasteiger partial charge < -0.3 is 20.8 Å². The Balaban J connectivity index is 2.11. The lowest BCUT2D eigenvalue weighted by Crippen LogP contribution is -2.29. The van der Waals surface area contributed by atoms with E-state index in [4.69, 9.17) is 10.5 Å². The summed E-state index contributed by atoms with van der Waals surface area (Å²) in [5.74, 6) is 0.228. The number of nitriles is 1. The molecule has 0 saturated heterocycles. The number of benzene rings is 2. The number of rotatable bonds is 2. The van der Waals surface area contributed by atoms with E-state index in [1.54, 1.807) is 13.2 Å². The summed E-state index contributed by atoms with van der Waals surface area (Å²) < 4.78 is 5.46. The highest BCUT2D eigenvalue weighted by Crippen LogP contribution is 2.43. The molecule has 6 nitrogen and oxygen atoms in total. The molecule has 0 bridgehead atoms.